The minimum atomic E-state index is -0.466. The molecule has 1 N–H and O–H groups in total. The third kappa shape index (κ3) is 5.16. The molecule has 0 aromatic heterocycles. The van der Waals surface area contributed by atoms with Crippen LogP contribution in [-0.2, 0) is 4.74 Å². The zero-order valence-electron chi connectivity index (χ0n) is 16.0. The van der Waals surface area contributed by atoms with E-state index in [-0.39, 0.29) is 6.10 Å². The Bertz CT molecular complexity index is 656. The zero-order valence-corrected chi connectivity index (χ0v) is 16.0. The molecular weight excluding hydrogens is 322 g/mol. The Morgan fingerprint density at radius 2 is 1.73 bits per heavy atom. The summed E-state index contributed by atoms with van der Waals surface area (Å²) in [5, 5.41) is 10.5. The van der Waals surface area contributed by atoms with Crippen LogP contribution in [0.5, 0.6) is 0 Å². The van der Waals surface area contributed by atoms with Crippen molar-refractivity contribution in [1.82, 2.24) is 4.90 Å². The van der Waals surface area contributed by atoms with Crippen LogP contribution in [0.25, 0.3) is 0 Å². The Balaban J connectivity index is 1.65. The first-order chi connectivity index (χ1) is 12.6. The van der Waals surface area contributed by atoms with E-state index in [0.29, 0.717) is 19.2 Å². The van der Waals surface area contributed by atoms with Crippen LogP contribution in [0.3, 0.4) is 0 Å². The van der Waals surface area contributed by atoms with Crippen LogP contribution in [-0.4, -0.2) is 41.8 Å². The summed E-state index contributed by atoms with van der Waals surface area (Å²) >= 11 is 0. The van der Waals surface area contributed by atoms with E-state index >= 15 is 0 Å². The number of rotatable bonds is 7. The summed E-state index contributed by atoms with van der Waals surface area (Å²) in [5.41, 5.74) is 3.48. The van der Waals surface area contributed by atoms with E-state index in [1.165, 1.54) is 24.8 Å². The van der Waals surface area contributed by atoms with Crippen LogP contribution in [0.1, 0.15) is 49.0 Å². The molecule has 3 atom stereocenters. The van der Waals surface area contributed by atoms with Gasteiger partial charge in [-0.25, -0.2) is 0 Å². The normalized spacial score (nSPS) is 20.7. The fraction of sp³-hybridized carbons (Fsp3) is 0.478. The Morgan fingerprint density at radius 1 is 1.04 bits per heavy atom. The monoisotopic (exact) mass is 353 g/mol. The van der Waals surface area contributed by atoms with Gasteiger partial charge in [0.05, 0.1) is 12.7 Å². The fourth-order valence-corrected chi connectivity index (χ4v) is 3.71. The molecule has 2 aromatic rings. The maximum absolute atomic E-state index is 10.5. The van der Waals surface area contributed by atoms with Crippen molar-refractivity contribution in [3.63, 3.8) is 0 Å². The Hall–Kier alpha value is -1.68. The highest BCUT2D eigenvalue weighted by Gasteiger charge is 2.22. The number of hydrogen-bond acceptors (Lipinski definition) is 3. The summed E-state index contributed by atoms with van der Waals surface area (Å²) in [4.78, 5) is 2.39. The Morgan fingerprint density at radius 3 is 2.42 bits per heavy atom. The fourth-order valence-electron chi connectivity index (χ4n) is 3.71. The second kappa shape index (κ2) is 9.31. The summed E-state index contributed by atoms with van der Waals surface area (Å²) in [7, 11) is 0. The molecule has 1 fully saturated rings. The summed E-state index contributed by atoms with van der Waals surface area (Å²) in [6.45, 7) is 6.46. The van der Waals surface area contributed by atoms with Crippen LogP contribution >= 0.6 is 0 Å². The number of nitrogens with zero attached hydrogens (tertiary/aromatic N) is 1. The molecule has 3 unspecified atom stereocenters. The lowest BCUT2D eigenvalue weighted by molar-refractivity contribution is -0.0169. The molecule has 3 heteroatoms. The third-order valence-corrected chi connectivity index (χ3v) is 5.32. The number of piperidine rings is 1. The van der Waals surface area contributed by atoms with Crippen molar-refractivity contribution in [2.75, 3.05) is 19.7 Å². The van der Waals surface area contributed by atoms with Crippen LogP contribution in [0.4, 0.5) is 0 Å². The maximum atomic E-state index is 10.5. The molecule has 0 radical (unpaired) electrons. The molecular formula is C23H31NO2. The SMILES string of the molecule is Cc1ccc(C(OCC(O)CN2CCCCC2C)c2ccccc2)cc1. The number of hydrogen-bond donors (Lipinski definition) is 1. The molecule has 140 valence electrons. The van der Waals surface area contributed by atoms with Gasteiger partial charge in [-0.05, 0) is 44.4 Å². The molecule has 0 spiro atoms. The van der Waals surface area contributed by atoms with Gasteiger partial charge in [-0.15, -0.1) is 0 Å². The van der Waals surface area contributed by atoms with Gasteiger partial charge in [-0.1, -0.05) is 66.6 Å². The number of ether oxygens (including phenoxy) is 1. The van der Waals surface area contributed by atoms with Crippen LogP contribution in [0.15, 0.2) is 54.6 Å². The molecule has 3 nitrogen and oxygen atoms in total. The minimum absolute atomic E-state index is 0.148. The second-order valence-electron chi connectivity index (χ2n) is 7.53. The molecule has 2 aromatic carbocycles. The lowest BCUT2D eigenvalue weighted by atomic mass is 10.0. The van der Waals surface area contributed by atoms with E-state index in [9.17, 15) is 5.11 Å². The van der Waals surface area contributed by atoms with Crippen molar-refractivity contribution in [3.05, 3.63) is 71.3 Å². The molecule has 0 amide bonds. The van der Waals surface area contributed by atoms with E-state index in [0.717, 1.165) is 17.7 Å². The lowest BCUT2D eigenvalue weighted by Gasteiger charge is -2.34. The summed E-state index contributed by atoms with van der Waals surface area (Å²) in [6, 6.07) is 19.3. The number of benzene rings is 2. The largest absolute Gasteiger partial charge is 0.389 e. The first-order valence-electron chi connectivity index (χ1n) is 9.78. The highest BCUT2D eigenvalue weighted by atomic mass is 16.5. The van der Waals surface area contributed by atoms with Gasteiger partial charge >= 0.3 is 0 Å². The summed E-state index contributed by atoms with van der Waals surface area (Å²) in [5.74, 6) is 0. The van der Waals surface area contributed by atoms with Crippen molar-refractivity contribution in [2.45, 2.75) is 51.4 Å². The second-order valence-corrected chi connectivity index (χ2v) is 7.53. The van der Waals surface area contributed by atoms with E-state index in [1.54, 1.807) is 0 Å². The quantitative estimate of drug-likeness (QED) is 0.804. The van der Waals surface area contributed by atoms with Crippen molar-refractivity contribution < 1.29 is 9.84 Å². The van der Waals surface area contributed by atoms with Crippen LogP contribution in [0.2, 0.25) is 0 Å². The predicted molar refractivity (Wildman–Crippen MR) is 106 cm³/mol. The molecule has 0 aliphatic carbocycles. The van der Waals surface area contributed by atoms with Gasteiger partial charge in [-0.2, -0.15) is 0 Å². The van der Waals surface area contributed by atoms with Crippen LogP contribution in [0, 0.1) is 6.92 Å². The number of β-amino-alcohol motifs (C(OH)–C–C–N with tert-alkyl or cyclic N) is 1. The molecule has 1 heterocycles. The first-order valence-corrected chi connectivity index (χ1v) is 9.78. The maximum Gasteiger partial charge on any atom is 0.108 e. The molecule has 1 aliphatic rings. The number of aliphatic hydroxyl groups is 1. The molecule has 3 rings (SSSR count). The topological polar surface area (TPSA) is 32.7 Å². The van der Waals surface area contributed by atoms with Gasteiger partial charge < -0.3 is 9.84 Å². The van der Waals surface area contributed by atoms with E-state index in [4.69, 9.17) is 4.74 Å². The van der Waals surface area contributed by atoms with Gasteiger partial charge in [0.25, 0.3) is 0 Å². The first kappa shape index (κ1) is 19.1. The average Bonchev–Trinajstić information content (AvgIpc) is 2.66. The highest BCUT2D eigenvalue weighted by molar-refractivity contribution is 5.31. The van der Waals surface area contributed by atoms with E-state index < -0.39 is 6.10 Å². The minimum Gasteiger partial charge on any atom is -0.389 e. The van der Waals surface area contributed by atoms with Crippen LogP contribution < -0.4 is 0 Å². The van der Waals surface area contributed by atoms with Crippen molar-refractivity contribution in [2.24, 2.45) is 0 Å². The Labute approximate surface area is 157 Å². The standard InChI is InChI=1S/C23H31NO2/c1-18-11-13-21(14-12-18)23(20-9-4-3-5-10-20)26-17-22(25)16-24-15-7-6-8-19(24)2/h3-5,9-14,19,22-23,25H,6-8,15-17H2,1-2H3. The molecule has 0 bridgehead atoms. The predicted octanol–water partition coefficient (Wildman–Crippen LogP) is 4.34. The summed E-state index contributed by atoms with van der Waals surface area (Å²) in [6.07, 6.45) is 3.14. The third-order valence-electron chi connectivity index (χ3n) is 5.32. The number of likely N-dealkylation sites (tertiary alicyclic amines) is 1. The average molecular weight is 354 g/mol. The highest BCUT2D eigenvalue weighted by Crippen LogP contribution is 2.26. The molecule has 0 saturated carbocycles. The number of aryl methyl sites for hydroxylation is 1. The zero-order chi connectivity index (χ0) is 18.4. The molecule has 1 saturated heterocycles. The van der Waals surface area contributed by atoms with Crippen molar-refractivity contribution >= 4 is 0 Å². The van der Waals surface area contributed by atoms with Gasteiger partial charge in [0, 0.05) is 12.6 Å². The van der Waals surface area contributed by atoms with Gasteiger partial charge in [0.2, 0.25) is 0 Å². The smallest absolute Gasteiger partial charge is 0.108 e. The summed E-state index contributed by atoms with van der Waals surface area (Å²) < 4.78 is 6.22. The lowest BCUT2D eigenvalue weighted by Crippen LogP contribution is -2.43. The van der Waals surface area contributed by atoms with Gasteiger partial charge in [0.1, 0.15) is 6.10 Å². The van der Waals surface area contributed by atoms with Gasteiger partial charge in [0.15, 0.2) is 0 Å². The van der Waals surface area contributed by atoms with E-state index in [1.807, 2.05) is 18.2 Å². The molecule has 26 heavy (non-hydrogen) atoms. The molecule has 1 aliphatic heterocycles. The Kier molecular flexibility index (Phi) is 6.84. The number of aliphatic hydroxyl groups excluding tert-OH is 1. The van der Waals surface area contributed by atoms with Crippen molar-refractivity contribution in [3.8, 4) is 0 Å². The van der Waals surface area contributed by atoms with E-state index in [2.05, 4.69) is 55.1 Å². The van der Waals surface area contributed by atoms with Gasteiger partial charge in [-0.3, -0.25) is 4.90 Å². The van der Waals surface area contributed by atoms with Crippen molar-refractivity contribution in [1.29, 1.82) is 0 Å².